The van der Waals surface area contributed by atoms with Crippen LogP contribution in [-0.2, 0) is 0 Å². The highest BCUT2D eigenvalue weighted by Gasteiger charge is 2.24. The number of rotatable bonds is 3. The van der Waals surface area contributed by atoms with Gasteiger partial charge >= 0.3 is 0 Å². The van der Waals surface area contributed by atoms with Crippen LogP contribution >= 0.6 is 12.4 Å². The minimum Gasteiger partial charge on any atom is -0.349 e. The van der Waals surface area contributed by atoms with Gasteiger partial charge in [-0.25, -0.2) is 0 Å². The largest absolute Gasteiger partial charge is 0.349 e. The maximum atomic E-state index is 12.2. The molecule has 0 atom stereocenters. The summed E-state index contributed by atoms with van der Waals surface area (Å²) in [5.41, 5.74) is 3.36. The summed E-state index contributed by atoms with van der Waals surface area (Å²) < 4.78 is 0. The second-order valence-corrected chi connectivity index (χ2v) is 5.90. The topological polar surface area (TPSA) is 41.1 Å². The fourth-order valence-corrected chi connectivity index (χ4v) is 2.83. The van der Waals surface area contributed by atoms with Crippen molar-refractivity contribution in [1.29, 1.82) is 0 Å². The fourth-order valence-electron chi connectivity index (χ4n) is 2.83. The molecule has 2 aliphatic rings. The minimum absolute atomic E-state index is 0. The Balaban J connectivity index is 0.00000147. The summed E-state index contributed by atoms with van der Waals surface area (Å²) in [4.78, 5) is 12.2. The number of nitrogens with one attached hydrogen (secondary N) is 2. The van der Waals surface area contributed by atoms with Crippen LogP contribution in [0.3, 0.4) is 0 Å². The van der Waals surface area contributed by atoms with Gasteiger partial charge in [0.2, 0.25) is 0 Å². The van der Waals surface area contributed by atoms with Gasteiger partial charge in [-0.3, -0.25) is 4.79 Å². The minimum atomic E-state index is 0. The highest BCUT2D eigenvalue weighted by molar-refractivity contribution is 5.95. The van der Waals surface area contributed by atoms with Gasteiger partial charge in [-0.05, 0) is 69.3 Å². The van der Waals surface area contributed by atoms with Crippen LogP contribution in [0.5, 0.6) is 0 Å². The predicted molar refractivity (Wildman–Crippen MR) is 83.8 cm³/mol. The molecular formula is C16H23ClN2O. The van der Waals surface area contributed by atoms with E-state index in [0.717, 1.165) is 31.5 Å². The van der Waals surface area contributed by atoms with E-state index in [1.165, 1.54) is 24.0 Å². The number of hydrogen-bond acceptors (Lipinski definition) is 2. The molecule has 0 unspecified atom stereocenters. The molecule has 1 aliphatic carbocycles. The molecule has 1 aromatic rings. The Labute approximate surface area is 126 Å². The summed E-state index contributed by atoms with van der Waals surface area (Å²) in [5.74, 6) is 0.704. The van der Waals surface area contributed by atoms with Gasteiger partial charge in [0.15, 0.2) is 0 Å². The van der Waals surface area contributed by atoms with Crippen molar-refractivity contribution in [2.45, 2.75) is 44.6 Å². The molecule has 3 rings (SSSR count). The van der Waals surface area contributed by atoms with Crippen LogP contribution in [0.15, 0.2) is 18.2 Å². The van der Waals surface area contributed by atoms with E-state index < -0.39 is 0 Å². The van der Waals surface area contributed by atoms with Gasteiger partial charge in [-0.1, -0.05) is 11.6 Å². The normalized spacial score (nSPS) is 19.2. The Morgan fingerprint density at radius 3 is 2.50 bits per heavy atom. The number of amides is 1. The third kappa shape index (κ3) is 3.74. The molecule has 0 bridgehead atoms. The molecule has 2 N–H and O–H groups in total. The number of carbonyl (C=O) groups is 1. The number of halogens is 1. The Kier molecular flexibility index (Phi) is 5.06. The maximum absolute atomic E-state index is 12.2. The number of aryl methyl sites for hydroxylation is 1. The third-order valence-electron chi connectivity index (χ3n) is 4.08. The molecule has 1 aliphatic heterocycles. The molecular weight excluding hydrogens is 272 g/mol. The SMILES string of the molecule is Cc1cc(C(=O)NC2CC2)cc(C2CCNCC2)c1.Cl. The first-order valence-electron chi connectivity index (χ1n) is 7.35. The quantitative estimate of drug-likeness (QED) is 0.900. The number of carbonyl (C=O) groups excluding carboxylic acids is 1. The molecule has 3 nitrogen and oxygen atoms in total. The van der Waals surface area contributed by atoms with Crippen molar-refractivity contribution in [3.05, 3.63) is 34.9 Å². The highest BCUT2D eigenvalue weighted by Crippen LogP contribution is 2.27. The van der Waals surface area contributed by atoms with Crippen LogP contribution in [0.4, 0.5) is 0 Å². The van der Waals surface area contributed by atoms with Crippen molar-refractivity contribution >= 4 is 18.3 Å². The molecule has 0 aromatic heterocycles. The van der Waals surface area contributed by atoms with Gasteiger partial charge in [0.25, 0.3) is 5.91 Å². The van der Waals surface area contributed by atoms with Crippen molar-refractivity contribution in [3.8, 4) is 0 Å². The molecule has 2 fully saturated rings. The van der Waals surface area contributed by atoms with Crippen LogP contribution < -0.4 is 10.6 Å². The first-order valence-corrected chi connectivity index (χ1v) is 7.35. The molecule has 1 saturated carbocycles. The molecule has 1 aromatic carbocycles. The molecule has 0 spiro atoms. The number of hydrogen-bond donors (Lipinski definition) is 2. The first kappa shape index (κ1) is 15.3. The molecule has 0 radical (unpaired) electrons. The van der Waals surface area contributed by atoms with Crippen molar-refractivity contribution in [3.63, 3.8) is 0 Å². The smallest absolute Gasteiger partial charge is 0.251 e. The van der Waals surface area contributed by atoms with E-state index in [9.17, 15) is 4.79 Å². The average Bonchev–Trinajstić information content (AvgIpc) is 3.23. The molecule has 4 heteroatoms. The summed E-state index contributed by atoms with van der Waals surface area (Å²) in [7, 11) is 0. The Hall–Kier alpha value is -1.06. The molecule has 110 valence electrons. The fraction of sp³-hybridized carbons (Fsp3) is 0.562. The van der Waals surface area contributed by atoms with Gasteiger partial charge in [0.1, 0.15) is 0 Å². The zero-order chi connectivity index (χ0) is 13.2. The molecule has 20 heavy (non-hydrogen) atoms. The molecule has 1 saturated heterocycles. The number of benzene rings is 1. The van der Waals surface area contributed by atoms with E-state index in [0.29, 0.717) is 12.0 Å². The zero-order valence-corrected chi connectivity index (χ0v) is 12.8. The van der Waals surface area contributed by atoms with Gasteiger partial charge < -0.3 is 10.6 Å². The van der Waals surface area contributed by atoms with E-state index in [-0.39, 0.29) is 18.3 Å². The lowest BCUT2D eigenvalue weighted by molar-refractivity contribution is 0.0951. The van der Waals surface area contributed by atoms with Crippen molar-refractivity contribution in [2.75, 3.05) is 13.1 Å². The van der Waals surface area contributed by atoms with E-state index in [4.69, 9.17) is 0 Å². The van der Waals surface area contributed by atoms with Crippen LogP contribution in [0.1, 0.15) is 53.1 Å². The van der Waals surface area contributed by atoms with E-state index >= 15 is 0 Å². The monoisotopic (exact) mass is 294 g/mol. The Bertz CT molecular complexity index is 479. The van der Waals surface area contributed by atoms with Crippen LogP contribution in [-0.4, -0.2) is 25.0 Å². The second kappa shape index (κ2) is 6.59. The Morgan fingerprint density at radius 1 is 1.15 bits per heavy atom. The average molecular weight is 295 g/mol. The number of piperidine rings is 1. The van der Waals surface area contributed by atoms with E-state index in [1.54, 1.807) is 0 Å². The lowest BCUT2D eigenvalue weighted by atomic mass is 9.88. The zero-order valence-electron chi connectivity index (χ0n) is 11.9. The van der Waals surface area contributed by atoms with Crippen molar-refractivity contribution in [1.82, 2.24) is 10.6 Å². The standard InChI is InChI=1S/C16H22N2O.ClH/c1-11-8-13(12-4-6-17-7-5-12)10-14(9-11)16(19)18-15-2-3-15;/h8-10,12,15,17H,2-7H2,1H3,(H,18,19);1H. The predicted octanol–water partition coefficient (Wildman–Crippen LogP) is 2.78. The molecule has 1 heterocycles. The summed E-state index contributed by atoms with van der Waals surface area (Å²) >= 11 is 0. The summed E-state index contributed by atoms with van der Waals surface area (Å²) in [5, 5.41) is 6.47. The first-order chi connectivity index (χ1) is 9.22. The molecule has 1 amide bonds. The third-order valence-corrected chi connectivity index (χ3v) is 4.08. The highest BCUT2D eigenvalue weighted by atomic mass is 35.5. The maximum Gasteiger partial charge on any atom is 0.251 e. The van der Waals surface area contributed by atoms with E-state index in [1.807, 2.05) is 6.07 Å². The van der Waals surface area contributed by atoms with Gasteiger partial charge in [0.05, 0.1) is 0 Å². The van der Waals surface area contributed by atoms with Gasteiger partial charge in [0, 0.05) is 11.6 Å². The van der Waals surface area contributed by atoms with Gasteiger partial charge in [-0.15, -0.1) is 12.4 Å². The lowest BCUT2D eigenvalue weighted by Gasteiger charge is -2.23. The summed E-state index contributed by atoms with van der Waals surface area (Å²) in [6.45, 7) is 4.25. The van der Waals surface area contributed by atoms with Crippen molar-refractivity contribution in [2.24, 2.45) is 0 Å². The lowest BCUT2D eigenvalue weighted by Crippen LogP contribution is -2.27. The van der Waals surface area contributed by atoms with Crippen LogP contribution in [0.2, 0.25) is 0 Å². The van der Waals surface area contributed by atoms with Gasteiger partial charge in [-0.2, -0.15) is 0 Å². The van der Waals surface area contributed by atoms with E-state index in [2.05, 4.69) is 29.7 Å². The van der Waals surface area contributed by atoms with Crippen molar-refractivity contribution < 1.29 is 4.79 Å². The Morgan fingerprint density at radius 2 is 1.85 bits per heavy atom. The summed E-state index contributed by atoms with van der Waals surface area (Å²) in [6.07, 6.45) is 4.62. The van der Waals surface area contributed by atoms with Crippen LogP contribution in [0.25, 0.3) is 0 Å². The summed E-state index contributed by atoms with van der Waals surface area (Å²) in [6, 6.07) is 6.77. The van der Waals surface area contributed by atoms with Crippen LogP contribution in [0, 0.1) is 6.92 Å². The second-order valence-electron chi connectivity index (χ2n) is 5.90.